The van der Waals surface area contributed by atoms with Crippen molar-refractivity contribution in [1.82, 2.24) is 19.5 Å². The Morgan fingerprint density at radius 2 is 2.38 bits per heavy atom. The Kier molecular flexibility index (Phi) is 2.07. The summed E-state index contributed by atoms with van der Waals surface area (Å²) in [6.45, 7) is 1.07. The molecule has 1 saturated heterocycles. The van der Waals surface area contributed by atoms with E-state index < -0.39 is 0 Å². The van der Waals surface area contributed by atoms with Crippen molar-refractivity contribution >= 4 is 5.65 Å². The minimum atomic E-state index is -0.0125. The lowest BCUT2D eigenvalue weighted by atomic mass is 10.2. The van der Waals surface area contributed by atoms with E-state index in [2.05, 4.69) is 22.1 Å². The summed E-state index contributed by atoms with van der Waals surface area (Å²) in [6.07, 6.45) is 2.23. The average molecular weight is 218 g/mol. The molecule has 16 heavy (non-hydrogen) atoms. The molecule has 0 saturated carbocycles. The predicted octanol–water partition coefficient (Wildman–Crippen LogP) is 0.789. The number of fused-ring (bicyclic) bond motifs is 1. The summed E-state index contributed by atoms with van der Waals surface area (Å²) in [5, 5.41) is 7.20. The summed E-state index contributed by atoms with van der Waals surface area (Å²) in [5.74, 6) is 0.834. The van der Waals surface area contributed by atoms with E-state index >= 15 is 0 Å². The second-order valence-corrected chi connectivity index (χ2v) is 4.31. The predicted molar refractivity (Wildman–Crippen MR) is 60.4 cm³/mol. The van der Waals surface area contributed by atoms with Crippen LogP contribution in [0.1, 0.15) is 24.7 Å². The van der Waals surface area contributed by atoms with Gasteiger partial charge in [-0.15, -0.1) is 0 Å². The van der Waals surface area contributed by atoms with Crippen molar-refractivity contribution in [2.24, 2.45) is 0 Å². The zero-order chi connectivity index (χ0) is 11.1. The Morgan fingerprint density at radius 3 is 3.12 bits per heavy atom. The minimum absolute atomic E-state index is 0.0125. The Morgan fingerprint density at radius 1 is 1.50 bits per heavy atom. The molecular formula is C11H14N4O. The van der Waals surface area contributed by atoms with E-state index in [1.807, 2.05) is 6.07 Å². The Hall–Kier alpha value is -1.62. The number of nitrogens with one attached hydrogen (secondary N) is 1. The van der Waals surface area contributed by atoms with Crippen molar-refractivity contribution < 1.29 is 0 Å². The zero-order valence-corrected chi connectivity index (χ0v) is 9.18. The van der Waals surface area contributed by atoms with Crippen LogP contribution in [0.15, 0.2) is 23.0 Å². The fourth-order valence-corrected chi connectivity index (χ4v) is 2.44. The number of aromatic amines is 1. The number of likely N-dealkylation sites (tertiary alicyclic amines) is 1. The van der Waals surface area contributed by atoms with Gasteiger partial charge in [0.2, 0.25) is 0 Å². The van der Waals surface area contributed by atoms with Crippen LogP contribution in [0.25, 0.3) is 5.65 Å². The molecule has 1 N–H and O–H groups in total. The molecule has 1 unspecified atom stereocenters. The number of nitrogens with zero attached hydrogens (tertiary/aromatic N) is 3. The number of hydrogen-bond donors (Lipinski definition) is 1. The van der Waals surface area contributed by atoms with E-state index in [0.717, 1.165) is 30.9 Å². The number of hydrogen-bond acceptors (Lipinski definition) is 3. The van der Waals surface area contributed by atoms with Crippen molar-refractivity contribution in [1.29, 1.82) is 0 Å². The quantitative estimate of drug-likeness (QED) is 0.770. The summed E-state index contributed by atoms with van der Waals surface area (Å²) >= 11 is 0. The molecule has 1 aliphatic heterocycles. The first-order valence-electron chi connectivity index (χ1n) is 5.53. The topological polar surface area (TPSA) is 53.4 Å². The fraction of sp³-hybridized carbons (Fsp3) is 0.455. The maximum atomic E-state index is 11.8. The van der Waals surface area contributed by atoms with Gasteiger partial charge in [0, 0.05) is 6.07 Å². The van der Waals surface area contributed by atoms with Gasteiger partial charge in [-0.1, -0.05) is 6.07 Å². The summed E-state index contributed by atoms with van der Waals surface area (Å²) in [5.41, 5.74) is 0.754. The monoisotopic (exact) mass is 218 g/mol. The maximum Gasteiger partial charge on any atom is 0.257 e. The van der Waals surface area contributed by atoms with Crippen LogP contribution in [0.4, 0.5) is 0 Å². The van der Waals surface area contributed by atoms with E-state index in [1.165, 1.54) is 0 Å². The minimum Gasteiger partial charge on any atom is -0.296 e. The number of aromatic nitrogens is 3. The molecule has 0 bridgehead atoms. The molecule has 5 heteroatoms. The zero-order valence-electron chi connectivity index (χ0n) is 9.18. The van der Waals surface area contributed by atoms with Crippen molar-refractivity contribution in [2.45, 2.75) is 18.9 Å². The molecular weight excluding hydrogens is 204 g/mol. The lowest BCUT2D eigenvalue weighted by Gasteiger charge is -2.16. The fourth-order valence-electron chi connectivity index (χ4n) is 2.44. The molecule has 0 radical (unpaired) electrons. The smallest absolute Gasteiger partial charge is 0.257 e. The first-order valence-corrected chi connectivity index (χ1v) is 5.53. The summed E-state index contributed by atoms with van der Waals surface area (Å²) in [7, 11) is 2.08. The third-order valence-corrected chi connectivity index (χ3v) is 3.29. The first-order chi connectivity index (χ1) is 7.77. The molecule has 1 aliphatic rings. The van der Waals surface area contributed by atoms with Gasteiger partial charge in [0.25, 0.3) is 5.56 Å². The SMILES string of the molecule is CN1CCCC1c1n[nH]c2cccc(=O)n12. The highest BCUT2D eigenvalue weighted by Crippen LogP contribution is 2.28. The second kappa shape index (κ2) is 3.45. The summed E-state index contributed by atoms with van der Waals surface area (Å²) in [4.78, 5) is 14.1. The van der Waals surface area contributed by atoms with Gasteiger partial charge in [-0.05, 0) is 32.5 Å². The molecule has 1 fully saturated rings. The van der Waals surface area contributed by atoms with E-state index in [9.17, 15) is 4.79 Å². The van der Waals surface area contributed by atoms with Crippen LogP contribution >= 0.6 is 0 Å². The molecule has 3 heterocycles. The number of rotatable bonds is 1. The molecule has 84 valence electrons. The third kappa shape index (κ3) is 1.28. The van der Waals surface area contributed by atoms with Crippen molar-refractivity contribution in [3.63, 3.8) is 0 Å². The molecule has 5 nitrogen and oxygen atoms in total. The standard InChI is InChI=1S/C11H14N4O/c1-14-7-3-4-8(14)11-13-12-9-5-2-6-10(16)15(9)11/h2,5-6,8,12H,3-4,7H2,1H3. The maximum absolute atomic E-state index is 11.8. The molecule has 0 amide bonds. The number of pyridine rings is 1. The molecule has 3 rings (SSSR count). The first kappa shape index (κ1) is 9.59. The molecule has 0 spiro atoms. The van der Waals surface area contributed by atoms with Gasteiger partial charge in [0.1, 0.15) is 5.65 Å². The van der Waals surface area contributed by atoms with Crippen LogP contribution < -0.4 is 5.56 Å². The number of H-pyrrole nitrogens is 1. The van der Waals surface area contributed by atoms with Gasteiger partial charge in [-0.3, -0.25) is 14.8 Å². The average Bonchev–Trinajstić information content (AvgIpc) is 2.84. The highest BCUT2D eigenvalue weighted by molar-refractivity contribution is 5.37. The van der Waals surface area contributed by atoms with Crippen LogP contribution in [0, 0.1) is 0 Å². The van der Waals surface area contributed by atoms with Crippen LogP contribution in [0.5, 0.6) is 0 Å². The molecule has 2 aromatic rings. The molecule has 0 aromatic carbocycles. The normalized spacial score (nSPS) is 21.9. The highest BCUT2D eigenvalue weighted by Gasteiger charge is 2.27. The Balaban J connectivity index is 2.20. The Bertz CT molecular complexity index is 571. The van der Waals surface area contributed by atoms with E-state index in [0.29, 0.717) is 0 Å². The van der Waals surface area contributed by atoms with Gasteiger partial charge >= 0.3 is 0 Å². The van der Waals surface area contributed by atoms with Crippen molar-refractivity contribution in [3.8, 4) is 0 Å². The van der Waals surface area contributed by atoms with Gasteiger partial charge in [0.15, 0.2) is 5.82 Å². The van der Waals surface area contributed by atoms with Crippen LogP contribution in [-0.4, -0.2) is 33.1 Å². The van der Waals surface area contributed by atoms with E-state index in [1.54, 1.807) is 16.5 Å². The van der Waals surface area contributed by atoms with Crippen LogP contribution in [-0.2, 0) is 0 Å². The van der Waals surface area contributed by atoms with Crippen molar-refractivity contribution in [3.05, 3.63) is 34.4 Å². The lowest BCUT2D eigenvalue weighted by molar-refractivity contribution is 0.303. The van der Waals surface area contributed by atoms with Gasteiger partial charge < -0.3 is 0 Å². The van der Waals surface area contributed by atoms with Gasteiger partial charge in [-0.2, -0.15) is 5.10 Å². The summed E-state index contributed by atoms with van der Waals surface area (Å²) < 4.78 is 1.67. The summed E-state index contributed by atoms with van der Waals surface area (Å²) in [6, 6.07) is 5.44. The van der Waals surface area contributed by atoms with Crippen molar-refractivity contribution in [2.75, 3.05) is 13.6 Å². The van der Waals surface area contributed by atoms with Gasteiger partial charge in [0.05, 0.1) is 6.04 Å². The Labute approximate surface area is 92.7 Å². The molecule has 2 aromatic heterocycles. The van der Waals surface area contributed by atoms with Crippen LogP contribution in [0.3, 0.4) is 0 Å². The molecule has 1 atom stereocenters. The largest absolute Gasteiger partial charge is 0.296 e. The van der Waals surface area contributed by atoms with E-state index in [-0.39, 0.29) is 11.6 Å². The van der Waals surface area contributed by atoms with Gasteiger partial charge in [-0.25, -0.2) is 4.40 Å². The van der Waals surface area contributed by atoms with E-state index in [4.69, 9.17) is 0 Å². The highest BCUT2D eigenvalue weighted by atomic mass is 16.1. The third-order valence-electron chi connectivity index (χ3n) is 3.29. The molecule has 0 aliphatic carbocycles. The lowest BCUT2D eigenvalue weighted by Crippen LogP contribution is -2.23. The van der Waals surface area contributed by atoms with Crippen LogP contribution in [0.2, 0.25) is 0 Å². The second-order valence-electron chi connectivity index (χ2n) is 4.31.